The summed E-state index contributed by atoms with van der Waals surface area (Å²) in [4.78, 5) is 11.9. The second-order valence-electron chi connectivity index (χ2n) is 4.19. The molecule has 0 aliphatic carbocycles. The number of carbonyl (C=O) groups is 1. The van der Waals surface area contributed by atoms with Crippen molar-refractivity contribution >= 4 is 5.97 Å². The number of ether oxygens (including phenoxy) is 2. The Morgan fingerprint density at radius 1 is 1.25 bits per heavy atom. The van der Waals surface area contributed by atoms with Gasteiger partial charge in [-0.25, -0.2) is 4.79 Å². The maximum Gasteiger partial charge on any atom is 0.327 e. The Kier molecular flexibility index (Phi) is 4.79. The molecule has 0 aliphatic heterocycles. The van der Waals surface area contributed by atoms with E-state index in [9.17, 15) is 4.79 Å². The maximum absolute atomic E-state index is 11.9. The molecule has 1 aromatic carbocycles. The van der Waals surface area contributed by atoms with Crippen LogP contribution in [0.3, 0.4) is 0 Å². The first kappa shape index (κ1) is 14.1. The number of hydrogen-bond acceptors (Lipinski definition) is 5. The number of hydrogen-bond donors (Lipinski definition) is 1. The minimum atomic E-state index is -0.545. The summed E-state index contributed by atoms with van der Waals surface area (Å²) in [7, 11) is 2.97. The van der Waals surface area contributed by atoms with Gasteiger partial charge in [-0.1, -0.05) is 12.1 Å². The summed E-state index contributed by atoms with van der Waals surface area (Å²) < 4.78 is 15.2. The molecule has 1 heterocycles. The fraction of sp³-hybridized carbons (Fsp3) is 0.267. The molecule has 0 amide bonds. The van der Waals surface area contributed by atoms with Gasteiger partial charge in [-0.2, -0.15) is 0 Å². The van der Waals surface area contributed by atoms with E-state index in [1.165, 1.54) is 7.11 Å². The average Bonchev–Trinajstić information content (AvgIpc) is 3.01. The molecule has 0 saturated heterocycles. The van der Waals surface area contributed by atoms with Gasteiger partial charge in [0.15, 0.2) is 0 Å². The smallest absolute Gasteiger partial charge is 0.327 e. The second-order valence-corrected chi connectivity index (χ2v) is 4.19. The van der Waals surface area contributed by atoms with Gasteiger partial charge < -0.3 is 13.9 Å². The molecule has 1 atom stereocenters. The third-order valence-electron chi connectivity index (χ3n) is 2.95. The fourth-order valence-electron chi connectivity index (χ4n) is 1.87. The van der Waals surface area contributed by atoms with Gasteiger partial charge >= 0.3 is 5.97 Å². The SMILES string of the molecule is COC(=O)C(NCc1ccco1)c1ccc(OC)cc1. The van der Waals surface area contributed by atoms with Crippen LogP contribution in [-0.4, -0.2) is 20.2 Å². The Balaban J connectivity index is 2.11. The summed E-state index contributed by atoms with van der Waals surface area (Å²) >= 11 is 0. The first-order chi connectivity index (χ1) is 9.74. The van der Waals surface area contributed by atoms with E-state index in [4.69, 9.17) is 13.9 Å². The van der Waals surface area contributed by atoms with E-state index in [-0.39, 0.29) is 5.97 Å². The zero-order valence-corrected chi connectivity index (χ0v) is 11.5. The number of methoxy groups -OCH3 is 2. The van der Waals surface area contributed by atoms with Crippen molar-refractivity contribution in [3.8, 4) is 5.75 Å². The summed E-state index contributed by atoms with van der Waals surface area (Å²) in [5.41, 5.74) is 0.809. The van der Waals surface area contributed by atoms with E-state index in [2.05, 4.69) is 5.32 Å². The third-order valence-corrected chi connectivity index (χ3v) is 2.95. The van der Waals surface area contributed by atoms with Crippen molar-refractivity contribution in [2.45, 2.75) is 12.6 Å². The first-order valence-corrected chi connectivity index (χ1v) is 6.22. The summed E-state index contributed by atoms with van der Waals surface area (Å²) in [5.74, 6) is 1.15. The maximum atomic E-state index is 11.9. The largest absolute Gasteiger partial charge is 0.497 e. The molecule has 2 rings (SSSR count). The van der Waals surface area contributed by atoms with Crippen molar-refractivity contribution in [3.63, 3.8) is 0 Å². The average molecular weight is 275 g/mol. The number of rotatable bonds is 6. The quantitative estimate of drug-likeness (QED) is 0.820. The lowest BCUT2D eigenvalue weighted by Gasteiger charge is -2.16. The summed E-state index contributed by atoms with van der Waals surface area (Å²) in [6, 6.07) is 10.4. The van der Waals surface area contributed by atoms with Crippen LogP contribution >= 0.6 is 0 Å². The van der Waals surface area contributed by atoms with E-state index in [0.29, 0.717) is 6.54 Å². The third kappa shape index (κ3) is 3.39. The molecule has 0 saturated carbocycles. The molecule has 5 nitrogen and oxygen atoms in total. The molecule has 1 unspecified atom stereocenters. The van der Waals surface area contributed by atoms with Crippen LogP contribution in [0.15, 0.2) is 47.1 Å². The number of carbonyl (C=O) groups excluding carboxylic acids is 1. The Hall–Kier alpha value is -2.27. The molecule has 5 heteroatoms. The summed E-state index contributed by atoms with van der Waals surface area (Å²) in [5, 5.41) is 3.12. The van der Waals surface area contributed by atoms with Gasteiger partial charge in [0, 0.05) is 0 Å². The van der Waals surface area contributed by atoms with Gasteiger partial charge in [-0.05, 0) is 29.8 Å². The van der Waals surface area contributed by atoms with Gasteiger partial charge in [0.2, 0.25) is 0 Å². The van der Waals surface area contributed by atoms with Crippen molar-refractivity contribution < 1.29 is 18.7 Å². The number of nitrogens with one attached hydrogen (secondary N) is 1. The van der Waals surface area contributed by atoms with Crippen molar-refractivity contribution in [1.29, 1.82) is 0 Å². The molecule has 1 N–H and O–H groups in total. The van der Waals surface area contributed by atoms with Gasteiger partial charge in [0.1, 0.15) is 17.6 Å². The monoisotopic (exact) mass is 275 g/mol. The lowest BCUT2D eigenvalue weighted by molar-refractivity contribution is -0.143. The predicted molar refractivity (Wildman–Crippen MR) is 73.3 cm³/mol. The van der Waals surface area contributed by atoms with E-state index >= 15 is 0 Å². The van der Waals surface area contributed by atoms with Crippen LogP contribution in [0.2, 0.25) is 0 Å². The van der Waals surface area contributed by atoms with Crippen LogP contribution in [0.25, 0.3) is 0 Å². The predicted octanol–water partition coefficient (Wildman–Crippen LogP) is 2.29. The number of benzene rings is 1. The molecular formula is C15H17NO4. The molecule has 106 valence electrons. The van der Waals surface area contributed by atoms with Crippen molar-refractivity contribution in [1.82, 2.24) is 5.32 Å². The van der Waals surface area contributed by atoms with E-state index < -0.39 is 6.04 Å². The molecule has 0 fully saturated rings. The molecule has 20 heavy (non-hydrogen) atoms. The van der Waals surface area contributed by atoms with Gasteiger partial charge in [0.05, 0.1) is 27.0 Å². The van der Waals surface area contributed by atoms with Crippen LogP contribution in [0.4, 0.5) is 0 Å². The minimum Gasteiger partial charge on any atom is -0.497 e. The zero-order valence-electron chi connectivity index (χ0n) is 11.5. The standard InChI is InChI=1S/C15H17NO4/c1-18-12-7-5-11(6-8-12)14(15(17)19-2)16-10-13-4-3-9-20-13/h3-9,14,16H,10H2,1-2H3. The normalized spacial score (nSPS) is 11.9. The zero-order chi connectivity index (χ0) is 14.4. The number of esters is 1. The van der Waals surface area contributed by atoms with Crippen molar-refractivity contribution in [3.05, 3.63) is 54.0 Å². The molecule has 0 spiro atoms. The molecule has 0 radical (unpaired) electrons. The van der Waals surface area contributed by atoms with Gasteiger partial charge in [0.25, 0.3) is 0 Å². The van der Waals surface area contributed by atoms with Crippen LogP contribution in [0.1, 0.15) is 17.4 Å². The summed E-state index contributed by atoms with van der Waals surface area (Å²) in [6.45, 7) is 0.443. The highest BCUT2D eigenvalue weighted by atomic mass is 16.5. The van der Waals surface area contributed by atoms with Crippen molar-refractivity contribution in [2.24, 2.45) is 0 Å². The lowest BCUT2D eigenvalue weighted by Crippen LogP contribution is -2.29. The fourth-order valence-corrected chi connectivity index (χ4v) is 1.87. The molecule has 2 aromatic rings. The highest BCUT2D eigenvalue weighted by Crippen LogP contribution is 2.19. The van der Waals surface area contributed by atoms with Crippen LogP contribution in [0, 0.1) is 0 Å². The Bertz CT molecular complexity index is 534. The number of furan rings is 1. The summed E-state index contributed by atoms with van der Waals surface area (Å²) in [6.07, 6.45) is 1.59. The van der Waals surface area contributed by atoms with E-state index in [0.717, 1.165) is 17.1 Å². The Morgan fingerprint density at radius 2 is 2.00 bits per heavy atom. The second kappa shape index (κ2) is 6.77. The molecule has 0 aliphatic rings. The highest BCUT2D eigenvalue weighted by molar-refractivity contribution is 5.77. The first-order valence-electron chi connectivity index (χ1n) is 6.22. The molecular weight excluding hydrogens is 258 g/mol. The molecule has 1 aromatic heterocycles. The topological polar surface area (TPSA) is 60.7 Å². The molecule has 0 bridgehead atoms. The van der Waals surface area contributed by atoms with E-state index in [1.807, 2.05) is 18.2 Å². The van der Waals surface area contributed by atoms with Gasteiger partial charge in [-0.3, -0.25) is 5.32 Å². The Labute approximate surface area is 117 Å². The van der Waals surface area contributed by atoms with Crippen LogP contribution in [0.5, 0.6) is 5.75 Å². The minimum absolute atomic E-state index is 0.346. The van der Waals surface area contributed by atoms with Gasteiger partial charge in [-0.15, -0.1) is 0 Å². The Morgan fingerprint density at radius 3 is 2.55 bits per heavy atom. The lowest BCUT2D eigenvalue weighted by atomic mass is 10.1. The van der Waals surface area contributed by atoms with Crippen molar-refractivity contribution in [2.75, 3.05) is 14.2 Å². The van der Waals surface area contributed by atoms with Crippen LogP contribution < -0.4 is 10.1 Å². The van der Waals surface area contributed by atoms with Crippen LogP contribution in [-0.2, 0) is 16.1 Å². The highest BCUT2D eigenvalue weighted by Gasteiger charge is 2.21. The van der Waals surface area contributed by atoms with E-state index in [1.54, 1.807) is 31.6 Å².